The number of hydrogen-bond acceptors (Lipinski definition) is 8. The number of nitrogens with one attached hydrogen (secondary N) is 3. The third-order valence-electron chi connectivity index (χ3n) is 7.58. The number of amides is 3. The van der Waals surface area contributed by atoms with Crippen molar-refractivity contribution in [1.29, 1.82) is 0 Å². The van der Waals surface area contributed by atoms with Crippen LogP contribution >= 0.6 is 23.1 Å². The van der Waals surface area contributed by atoms with E-state index < -0.39 is 12.1 Å². The van der Waals surface area contributed by atoms with Gasteiger partial charge in [-0.3, -0.25) is 14.5 Å². The lowest BCUT2D eigenvalue weighted by molar-refractivity contribution is -0.120. The number of hydrogen-bond donors (Lipinski definition) is 3. The normalized spacial score (nSPS) is 22.2. The van der Waals surface area contributed by atoms with E-state index in [1.54, 1.807) is 28.8 Å². The van der Waals surface area contributed by atoms with Gasteiger partial charge in [-0.1, -0.05) is 42.5 Å². The molecular weight excluding hydrogens is 558 g/mol. The summed E-state index contributed by atoms with van der Waals surface area (Å²) in [5.41, 5.74) is 3.09. The predicted molar refractivity (Wildman–Crippen MR) is 161 cm³/mol. The van der Waals surface area contributed by atoms with E-state index in [0.29, 0.717) is 28.2 Å². The first-order chi connectivity index (χ1) is 20.0. The molecule has 3 amide bonds. The van der Waals surface area contributed by atoms with Crippen LogP contribution in [-0.2, 0) is 16.1 Å². The van der Waals surface area contributed by atoms with Crippen LogP contribution in [0, 0.1) is 5.92 Å². The van der Waals surface area contributed by atoms with E-state index in [0.717, 1.165) is 49.9 Å². The molecule has 214 valence electrons. The Morgan fingerprint density at radius 3 is 2.59 bits per heavy atom. The number of thioether (sulfide) groups is 1. The highest BCUT2D eigenvalue weighted by Crippen LogP contribution is 2.38. The number of piperidine rings is 1. The molecule has 3 fully saturated rings. The first-order valence-electron chi connectivity index (χ1n) is 14.0. The summed E-state index contributed by atoms with van der Waals surface area (Å²) in [5, 5.41) is 11.6. The fourth-order valence-corrected chi connectivity index (χ4v) is 7.49. The molecule has 6 rings (SSSR count). The summed E-state index contributed by atoms with van der Waals surface area (Å²) in [6.45, 7) is 1.94. The second-order valence-electron chi connectivity index (χ2n) is 10.6. The molecule has 1 saturated carbocycles. The molecule has 0 radical (unpaired) electrons. The van der Waals surface area contributed by atoms with Crippen molar-refractivity contribution in [2.75, 3.05) is 24.2 Å². The summed E-state index contributed by atoms with van der Waals surface area (Å²) in [7, 11) is 0. The monoisotopic (exact) mass is 591 g/mol. The smallest absolute Gasteiger partial charge is 0.411 e. The fourth-order valence-electron chi connectivity index (χ4n) is 5.18. The lowest BCUT2D eigenvalue weighted by atomic mass is 9.98. The van der Waals surface area contributed by atoms with Gasteiger partial charge >= 0.3 is 6.09 Å². The summed E-state index contributed by atoms with van der Waals surface area (Å²) in [5.74, 6) is 0.412. The number of thiazole rings is 1. The second-order valence-corrected chi connectivity index (χ2v) is 12.7. The van der Waals surface area contributed by atoms with Crippen LogP contribution in [0.3, 0.4) is 0 Å². The Balaban J connectivity index is 1.12. The standard InChI is InChI=1S/C30H33N5O4S2/c36-26(32-23-12-13-23)21-10-8-20(9-11-21)24-17-41-29(33-24)34-27(37)25-18-40-28(22-7-4-14-31-15-22)35(25)30(38)39-16-19-5-2-1-3-6-19/h1-3,5-6,8-11,17,22-23,25,28,31H,4,7,12-16,18H2,(H,32,36)(H,33,34,37)/t22?,25-,28?/m0/s1. The molecule has 0 spiro atoms. The molecule has 3 heterocycles. The summed E-state index contributed by atoms with van der Waals surface area (Å²) >= 11 is 2.97. The van der Waals surface area contributed by atoms with E-state index in [2.05, 4.69) is 20.9 Å². The Labute approximate surface area is 247 Å². The van der Waals surface area contributed by atoms with Gasteiger partial charge in [0.2, 0.25) is 5.91 Å². The van der Waals surface area contributed by atoms with E-state index in [1.165, 1.54) is 11.3 Å². The van der Waals surface area contributed by atoms with Gasteiger partial charge in [-0.15, -0.1) is 23.1 Å². The van der Waals surface area contributed by atoms with Crippen molar-refractivity contribution in [2.24, 2.45) is 5.92 Å². The number of anilines is 1. The number of carbonyl (C=O) groups is 3. The first kappa shape index (κ1) is 27.7. The van der Waals surface area contributed by atoms with Gasteiger partial charge in [0.1, 0.15) is 12.6 Å². The SMILES string of the molecule is O=C(NC1CC1)c1ccc(-c2csc(NC(=O)[C@@H]3CSC(C4CCCNC4)N3C(=O)OCc3ccccc3)n2)cc1. The van der Waals surface area contributed by atoms with Crippen molar-refractivity contribution in [2.45, 2.75) is 49.7 Å². The number of ether oxygens (including phenoxy) is 1. The largest absolute Gasteiger partial charge is 0.445 e. The zero-order valence-electron chi connectivity index (χ0n) is 22.6. The maximum absolute atomic E-state index is 13.5. The van der Waals surface area contributed by atoms with Crippen LogP contribution in [0.1, 0.15) is 41.6 Å². The minimum Gasteiger partial charge on any atom is -0.445 e. The van der Waals surface area contributed by atoms with Gasteiger partial charge in [0.05, 0.1) is 11.1 Å². The molecule has 3 aromatic rings. The van der Waals surface area contributed by atoms with Crippen LogP contribution in [0.25, 0.3) is 11.3 Å². The maximum atomic E-state index is 13.5. The van der Waals surface area contributed by atoms with Gasteiger partial charge in [0.15, 0.2) is 5.13 Å². The number of benzene rings is 2. The van der Waals surface area contributed by atoms with Crippen molar-refractivity contribution in [3.05, 3.63) is 71.1 Å². The molecule has 3 N–H and O–H groups in total. The van der Waals surface area contributed by atoms with Gasteiger partial charge in [-0.2, -0.15) is 0 Å². The first-order valence-corrected chi connectivity index (χ1v) is 16.0. The highest BCUT2D eigenvalue weighted by Gasteiger charge is 2.46. The molecule has 11 heteroatoms. The molecule has 9 nitrogen and oxygen atoms in total. The number of carbonyl (C=O) groups excluding carboxylic acids is 3. The minimum absolute atomic E-state index is 0.0612. The average molecular weight is 592 g/mol. The Kier molecular flexibility index (Phi) is 8.54. The Hall–Kier alpha value is -3.41. The number of nitrogens with zero attached hydrogens (tertiary/aromatic N) is 2. The molecule has 41 heavy (non-hydrogen) atoms. The van der Waals surface area contributed by atoms with E-state index in [1.807, 2.05) is 47.8 Å². The molecule has 3 atom stereocenters. The molecular formula is C30H33N5O4S2. The third-order valence-corrected chi connectivity index (χ3v) is 9.80. The summed E-state index contributed by atoms with van der Waals surface area (Å²) < 4.78 is 5.71. The van der Waals surface area contributed by atoms with Crippen molar-refractivity contribution in [3.8, 4) is 11.3 Å². The van der Waals surface area contributed by atoms with Crippen molar-refractivity contribution in [1.82, 2.24) is 20.5 Å². The average Bonchev–Trinajstić information content (AvgIpc) is 3.51. The van der Waals surface area contributed by atoms with Crippen LogP contribution in [0.5, 0.6) is 0 Å². The topological polar surface area (TPSA) is 113 Å². The molecule has 2 saturated heterocycles. The van der Waals surface area contributed by atoms with Crippen molar-refractivity contribution < 1.29 is 19.1 Å². The Morgan fingerprint density at radius 2 is 1.85 bits per heavy atom. The van der Waals surface area contributed by atoms with Crippen LogP contribution in [-0.4, -0.2) is 64.1 Å². The van der Waals surface area contributed by atoms with Crippen LogP contribution in [0.15, 0.2) is 60.0 Å². The Bertz CT molecular complexity index is 1370. The van der Waals surface area contributed by atoms with Crippen LogP contribution in [0.4, 0.5) is 9.93 Å². The Morgan fingerprint density at radius 1 is 1.05 bits per heavy atom. The molecule has 3 aliphatic rings. The van der Waals surface area contributed by atoms with Crippen LogP contribution < -0.4 is 16.0 Å². The number of aromatic nitrogens is 1. The fraction of sp³-hybridized carbons (Fsp3) is 0.400. The van der Waals surface area contributed by atoms with Gasteiger partial charge in [-0.05, 0) is 49.9 Å². The molecule has 2 unspecified atom stereocenters. The molecule has 2 aromatic carbocycles. The second kappa shape index (κ2) is 12.6. The molecule has 0 bridgehead atoms. The van der Waals surface area contributed by atoms with Crippen molar-refractivity contribution in [3.63, 3.8) is 0 Å². The zero-order chi connectivity index (χ0) is 28.2. The number of rotatable bonds is 8. The molecule has 1 aromatic heterocycles. The summed E-state index contributed by atoms with van der Waals surface area (Å²) in [6.07, 6.45) is 3.65. The lowest BCUT2D eigenvalue weighted by Gasteiger charge is -2.34. The molecule has 2 aliphatic heterocycles. The minimum atomic E-state index is -0.660. The van der Waals surface area contributed by atoms with Crippen molar-refractivity contribution >= 4 is 46.1 Å². The lowest BCUT2D eigenvalue weighted by Crippen LogP contribution is -2.51. The maximum Gasteiger partial charge on any atom is 0.411 e. The van der Waals surface area contributed by atoms with Gasteiger partial charge in [0.25, 0.3) is 5.91 Å². The highest BCUT2D eigenvalue weighted by molar-refractivity contribution is 8.00. The summed E-state index contributed by atoms with van der Waals surface area (Å²) in [4.78, 5) is 45.5. The van der Waals surface area contributed by atoms with Gasteiger partial charge in [-0.25, -0.2) is 9.78 Å². The van der Waals surface area contributed by atoms with Gasteiger partial charge < -0.3 is 20.7 Å². The summed E-state index contributed by atoms with van der Waals surface area (Å²) in [6, 6.07) is 16.5. The molecule has 1 aliphatic carbocycles. The van der Waals surface area contributed by atoms with Gasteiger partial charge in [0, 0.05) is 40.8 Å². The predicted octanol–water partition coefficient (Wildman–Crippen LogP) is 4.72. The van der Waals surface area contributed by atoms with E-state index in [4.69, 9.17) is 4.74 Å². The quantitative estimate of drug-likeness (QED) is 0.348. The van der Waals surface area contributed by atoms with E-state index in [-0.39, 0.29) is 29.7 Å². The van der Waals surface area contributed by atoms with E-state index in [9.17, 15) is 14.4 Å². The van der Waals surface area contributed by atoms with E-state index >= 15 is 0 Å². The highest BCUT2D eigenvalue weighted by atomic mass is 32.2. The third kappa shape index (κ3) is 6.74. The van der Waals surface area contributed by atoms with Crippen LogP contribution in [0.2, 0.25) is 0 Å². The zero-order valence-corrected chi connectivity index (χ0v) is 24.2.